The standard InChI is InChI=1S/C17H16FN3O2/c1-23-17-15(19)16(20-14(21-17)8-9-22)12-6-7-13(18)11-5-3-2-4-10(11)12/h2-7,22H,8-9,19H2,1H3. The number of aliphatic hydroxyl groups excluding tert-OH is 1. The number of nitrogens with zero attached hydrogens (tertiary/aromatic N) is 2. The van der Waals surface area contributed by atoms with Gasteiger partial charge in [0.2, 0.25) is 5.88 Å². The zero-order chi connectivity index (χ0) is 16.4. The summed E-state index contributed by atoms with van der Waals surface area (Å²) in [7, 11) is 1.47. The smallest absolute Gasteiger partial charge is 0.240 e. The van der Waals surface area contributed by atoms with Crippen LogP contribution in [0.3, 0.4) is 0 Å². The van der Waals surface area contributed by atoms with Crippen molar-refractivity contribution in [2.75, 3.05) is 19.5 Å². The molecule has 118 valence electrons. The number of anilines is 1. The molecule has 23 heavy (non-hydrogen) atoms. The minimum atomic E-state index is -0.306. The molecule has 0 atom stereocenters. The molecule has 0 fully saturated rings. The molecule has 1 aromatic heterocycles. The number of hydrogen-bond donors (Lipinski definition) is 2. The van der Waals surface area contributed by atoms with E-state index in [4.69, 9.17) is 15.6 Å². The Morgan fingerprint density at radius 2 is 1.87 bits per heavy atom. The van der Waals surface area contributed by atoms with Gasteiger partial charge in [0.15, 0.2) is 0 Å². The first-order valence-electron chi connectivity index (χ1n) is 7.14. The number of benzene rings is 2. The second kappa shape index (κ2) is 6.18. The van der Waals surface area contributed by atoms with E-state index in [0.717, 1.165) is 0 Å². The van der Waals surface area contributed by atoms with Crippen LogP contribution in [0.4, 0.5) is 10.1 Å². The van der Waals surface area contributed by atoms with E-state index in [-0.39, 0.29) is 30.4 Å². The number of fused-ring (bicyclic) bond motifs is 1. The molecule has 1 heterocycles. The lowest BCUT2D eigenvalue weighted by molar-refractivity contribution is 0.295. The summed E-state index contributed by atoms with van der Waals surface area (Å²) < 4.78 is 19.2. The van der Waals surface area contributed by atoms with Crippen LogP contribution < -0.4 is 10.5 Å². The third-order valence-corrected chi connectivity index (χ3v) is 3.61. The van der Waals surface area contributed by atoms with Crippen LogP contribution in [0.15, 0.2) is 36.4 Å². The summed E-state index contributed by atoms with van der Waals surface area (Å²) in [5.74, 6) is 0.355. The van der Waals surface area contributed by atoms with Gasteiger partial charge in [0, 0.05) is 17.4 Å². The predicted molar refractivity (Wildman–Crippen MR) is 86.7 cm³/mol. The Kier molecular flexibility index (Phi) is 4.08. The van der Waals surface area contributed by atoms with Gasteiger partial charge in [-0.15, -0.1) is 0 Å². The van der Waals surface area contributed by atoms with Gasteiger partial charge in [0.05, 0.1) is 13.7 Å². The minimum Gasteiger partial charge on any atom is -0.479 e. The quantitative estimate of drug-likeness (QED) is 0.773. The average molecular weight is 313 g/mol. The average Bonchev–Trinajstić information content (AvgIpc) is 2.57. The number of ether oxygens (including phenoxy) is 1. The Morgan fingerprint density at radius 3 is 2.57 bits per heavy atom. The molecule has 0 saturated carbocycles. The molecule has 3 N–H and O–H groups in total. The maximum atomic E-state index is 14.0. The molecule has 0 unspecified atom stereocenters. The van der Waals surface area contributed by atoms with Gasteiger partial charge in [0.1, 0.15) is 23.0 Å². The van der Waals surface area contributed by atoms with Crippen molar-refractivity contribution in [1.82, 2.24) is 9.97 Å². The van der Waals surface area contributed by atoms with Crippen LogP contribution in [0, 0.1) is 5.82 Å². The van der Waals surface area contributed by atoms with Crippen LogP contribution in [0.2, 0.25) is 0 Å². The summed E-state index contributed by atoms with van der Waals surface area (Å²) in [5, 5.41) is 10.3. The molecule has 0 aliphatic heterocycles. The topological polar surface area (TPSA) is 81.3 Å². The third kappa shape index (κ3) is 2.68. The van der Waals surface area contributed by atoms with Crippen molar-refractivity contribution in [3.63, 3.8) is 0 Å². The van der Waals surface area contributed by atoms with E-state index in [1.165, 1.54) is 13.2 Å². The molecule has 3 aromatic rings. The molecule has 3 rings (SSSR count). The van der Waals surface area contributed by atoms with Crippen molar-refractivity contribution in [2.24, 2.45) is 0 Å². The Hall–Kier alpha value is -2.73. The maximum Gasteiger partial charge on any atom is 0.240 e. The van der Waals surface area contributed by atoms with E-state index < -0.39 is 0 Å². The molecule has 0 spiro atoms. The van der Waals surface area contributed by atoms with Crippen LogP contribution in [-0.4, -0.2) is 28.8 Å². The molecular weight excluding hydrogens is 297 g/mol. The van der Waals surface area contributed by atoms with E-state index in [1.54, 1.807) is 18.2 Å². The van der Waals surface area contributed by atoms with E-state index in [9.17, 15) is 4.39 Å². The summed E-state index contributed by atoms with van der Waals surface area (Å²) in [6.45, 7) is -0.0866. The molecule has 0 radical (unpaired) electrons. The zero-order valence-corrected chi connectivity index (χ0v) is 12.6. The SMILES string of the molecule is COc1nc(CCO)nc(-c2ccc(F)c3ccccc23)c1N. The first kappa shape index (κ1) is 15.2. The lowest BCUT2D eigenvalue weighted by Gasteiger charge is -2.13. The fourth-order valence-electron chi connectivity index (χ4n) is 2.53. The van der Waals surface area contributed by atoms with Crippen LogP contribution in [0.25, 0.3) is 22.0 Å². The van der Waals surface area contributed by atoms with Crippen molar-refractivity contribution in [3.8, 4) is 17.1 Å². The first-order chi connectivity index (χ1) is 11.2. The Balaban J connectivity index is 2.30. The van der Waals surface area contributed by atoms with Crippen molar-refractivity contribution >= 4 is 16.5 Å². The van der Waals surface area contributed by atoms with E-state index in [1.807, 2.05) is 12.1 Å². The summed E-state index contributed by atoms with van der Waals surface area (Å²) in [5.41, 5.74) is 7.56. The number of aromatic nitrogens is 2. The monoisotopic (exact) mass is 313 g/mol. The number of nitrogen functional groups attached to an aromatic ring is 1. The molecule has 6 heteroatoms. The highest BCUT2D eigenvalue weighted by Crippen LogP contribution is 2.35. The summed E-state index contributed by atoms with van der Waals surface area (Å²) >= 11 is 0. The summed E-state index contributed by atoms with van der Waals surface area (Å²) in [4.78, 5) is 8.59. The second-order valence-electron chi connectivity index (χ2n) is 5.03. The maximum absolute atomic E-state index is 14.0. The fourth-order valence-corrected chi connectivity index (χ4v) is 2.53. The number of rotatable bonds is 4. The van der Waals surface area contributed by atoms with E-state index >= 15 is 0 Å². The highest BCUT2D eigenvalue weighted by atomic mass is 19.1. The van der Waals surface area contributed by atoms with Crippen LogP contribution in [-0.2, 0) is 6.42 Å². The largest absolute Gasteiger partial charge is 0.479 e. The summed E-state index contributed by atoms with van der Waals surface area (Å²) in [6.07, 6.45) is 0.281. The van der Waals surface area contributed by atoms with Crippen LogP contribution in [0.1, 0.15) is 5.82 Å². The number of hydrogen-bond acceptors (Lipinski definition) is 5. The molecule has 0 aliphatic rings. The zero-order valence-electron chi connectivity index (χ0n) is 12.6. The lowest BCUT2D eigenvalue weighted by atomic mass is 10.0. The van der Waals surface area contributed by atoms with Crippen LogP contribution in [0.5, 0.6) is 5.88 Å². The molecule has 0 bridgehead atoms. The Labute approximate surface area is 132 Å². The first-order valence-corrected chi connectivity index (χ1v) is 7.14. The molecule has 0 amide bonds. The lowest BCUT2D eigenvalue weighted by Crippen LogP contribution is -2.07. The number of aliphatic hydroxyl groups is 1. The highest BCUT2D eigenvalue weighted by Gasteiger charge is 2.17. The van der Waals surface area contributed by atoms with Gasteiger partial charge in [0.25, 0.3) is 0 Å². The Morgan fingerprint density at radius 1 is 1.13 bits per heavy atom. The highest BCUT2D eigenvalue weighted by molar-refractivity contribution is 5.98. The van der Waals surface area contributed by atoms with Gasteiger partial charge in [-0.25, -0.2) is 9.37 Å². The van der Waals surface area contributed by atoms with Crippen molar-refractivity contribution < 1.29 is 14.2 Å². The van der Waals surface area contributed by atoms with E-state index in [2.05, 4.69) is 9.97 Å². The second-order valence-corrected chi connectivity index (χ2v) is 5.03. The Bertz CT molecular complexity index is 868. The van der Waals surface area contributed by atoms with Crippen molar-refractivity contribution in [3.05, 3.63) is 48.0 Å². The van der Waals surface area contributed by atoms with Gasteiger partial charge in [-0.2, -0.15) is 4.98 Å². The van der Waals surface area contributed by atoms with Gasteiger partial charge < -0.3 is 15.6 Å². The van der Waals surface area contributed by atoms with Crippen molar-refractivity contribution in [1.29, 1.82) is 0 Å². The number of nitrogens with two attached hydrogens (primary N) is 1. The van der Waals surface area contributed by atoms with Gasteiger partial charge >= 0.3 is 0 Å². The minimum absolute atomic E-state index is 0.0866. The molecule has 5 nitrogen and oxygen atoms in total. The number of methoxy groups -OCH3 is 1. The van der Waals surface area contributed by atoms with Gasteiger partial charge in [-0.1, -0.05) is 24.3 Å². The normalized spacial score (nSPS) is 10.9. The molecule has 0 saturated heterocycles. The number of halogens is 1. The molecule has 2 aromatic carbocycles. The predicted octanol–water partition coefficient (Wildman–Crippen LogP) is 2.56. The molecule has 0 aliphatic carbocycles. The third-order valence-electron chi connectivity index (χ3n) is 3.61. The van der Waals surface area contributed by atoms with Gasteiger partial charge in [-0.3, -0.25) is 0 Å². The fraction of sp³-hybridized carbons (Fsp3) is 0.176. The van der Waals surface area contributed by atoms with Crippen molar-refractivity contribution in [2.45, 2.75) is 6.42 Å². The van der Waals surface area contributed by atoms with Crippen LogP contribution >= 0.6 is 0 Å². The van der Waals surface area contributed by atoms with Gasteiger partial charge in [-0.05, 0) is 17.5 Å². The molecular formula is C17H16FN3O2. The summed E-state index contributed by atoms with van der Waals surface area (Å²) in [6, 6.07) is 10.1. The van der Waals surface area contributed by atoms with E-state index in [0.29, 0.717) is 27.9 Å².